The lowest BCUT2D eigenvalue weighted by Gasteiger charge is -2.26. The predicted octanol–water partition coefficient (Wildman–Crippen LogP) is 2.42. The molecule has 2 heterocycles. The highest BCUT2D eigenvalue weighted by Crippen LogP contribution is 2.26. The van der Waals surface area contributed by atoms with Crippen LogP contribution in [0.2, 0.25) is 5.02 Å². The third-order valence-corrected chi connectivity index (χ3v) is 4.67. The second-order valence-corrected chi connectivity index (χ2v) is 6.70. The van der Waals surface area contributed by atoms with Crippen molar-refractivity contribution in [2.75, 3.05) is 13.2 Å². The number of hydrogen-bond donors (Lipinski definition) is 1. The van der Waals surface area contributed by atoms with Gasteiger partial charge in [0.15, 0.2) is 0 Å². The largest absolute Gasteiger partial charge is 0.371 e. The second kappa shape index (κ2) is 7.85. The molecule has 27 heavy (non-hydrogen) atoms. The summed E-state index contributed by atoms with van der Waals surface area (Å²) in [6.07, 6.45) is 0.768. The van der Waals surface area contributed by atoms with E-state index >= 15 is 0 Å². The Labute approximate surface area is 161 Å². The summed E-state index contributed by atoms with van der Waals surface area (Å²) in [7, 11) is 0. The van der Waals surface area contributed by atoms with Crippen molar-refractivity contribution >= 4 is 17.5 Å². The highest BCUT2D eigenvalue weighted by molar-refractivity contribution is 6.30. The number of nitrogens with zero attached hydrogens (tertiary/aromatic N) is 4. The standard InChI is InChI=1S/C19H18ClN5O2/c20-15-7-5-14(6-8-15)19-22-24-25(23-19)12-18(26)21-11-17-16-4-2-1-3-13(16)9-10-27-17/h1-8,17H,9-12H2,(H,21,26). The summed E-state index contributed by atoms with van der Waals surface area (Å²) in [5.74, 6) is 0.255. The van der Waals surface area contributed by atoms with E-state index in [0.29, 0.717) is 24.0 Å². The number of amides is 1. The first-order valence-electron chi connectivity index (χ1n) is 8.69. The highest BCUT2D eigenvalue weighted by Gasteiger charge is 2.21. The Kier molecular flexibility index (Phi) is 5.13. The molecule has 0 bridgehead atoms. The molecule has 2 aromatic carbocycles. The van der Waals surface area contributed by atoms with Crippen molar-refractivity contribution in [1.29, 1.82) is 0 Å². The molecule has 1 aliphatic heterocycles. The summed E-state index contributed by atoms with van der Waals surface area (Å²) in [5.41, 5.74) is 3.19. The van der Waals surface area contributed by atoms with Crippen LogP contribution in [0.15, 0.2) is 48.5 Å². The van der Waals surface area contributed by atoms with Crippen LogP contribution in [0.1, 0.15) is 17.2 Å². The van der Waals surface area contributed by atoms with E-state index in [0.717, 1.165) is 17.5 Å². The van der Waals surface area contributed by atoms with Crippen LogP contribution in [-0.4, -0.2) is 39.3 Å². The van der Waals surface area contributed by atoms with E-state index in [4.69, 9.17) is 16.3 Å². The number of ether oxygens (including phenoxy) is 1. The smallest absolute Gasteiger partial charge is 0.243 e. The first-order chi connectivity index (χ1) is 13.2. The first-order valence-corrected chi connectivity index (χ1v) is 9.07. The van der Waals surface area contributed by atoms with Crippen molar-refractivity contribution in [3.8, 4) is 11.4 Å². The van der Waals surface area contributed by atoms with Crippen molar-refractivity contribution in [1.82, 2.24) is 25.5 Å². The fourth-order valence-electron chi connectivity index (χ4n) is 3.06. The third kappa shape index (κ3) is 4.15. The molecular formula is C19H18ClN5O2. The van der Waals surface area contributed by atoms with Gasteiger partial charge in [-0.15, -0.1) is 10.2 Å². The maximum Gasteiger partial charge on any atom is 0.243 e. The Hall–Kier alpha value is -2.77. The van der Waals surface area contributed by atoms with E-state index in [1.807, 2.05) is 30.3 Å². The summed E-state index contributed by atoms with van der Waals surface area (Å²) >= 11 is 5.88. The van der Waals surface area contributed by atoms with Gasteiger partial charge in [-0.25, -0.2) is 0 Å². The minimum absolute atomic E-state index is 0.00500. The van der Waals surface area contributed by atoms with Crippen molar-refractivity contribution in [3.05, 3.63) is 64.7 Å². The number of benzene rings is 2. The number of fused-ring (bicyclic) bond motifs is 1. The van der Waals surface area contributed by atoms with Crippen molar-refractivity contribution in [3.63, 3.8) is 0 Å². The van der Waals surface area contributed by atoms with Crippen molar-refractivity contribution in [2.24, 2.45) is 0 Å². The van der Waals surface area contributed by atoms with E-state index in [9.17, 15) is 4.79 Å². The van der Waals surface area contributed by atoms with Gasteiger partial charge in [0.05, 0.1) is 6.61 Å². The van der Waals surface area contributed by atoms with Gasteiger partial charge in [-0.05, 0) is 47.0 Å². The number of hydrogen-bond acceptors (Lipinski definition) is 5. The van der Waals surface area contributed by atoms with Gasteiger partial charge in [-0.1, -0.05) is 35.9 Å². The zero-order valence-corrected chi connectivity index (χ0v) is 15.3. The minimum atomic E-state index is -0.193. The summed E-state index contributed by atoms with van der Waals surface area (Å²) in [5, 5.41) is 15.7. The maximum absolute atomic E-state index is 12.2. The fourth-order valence-corrected chi connectivity index (χ4v) is 3.19. The number of halogens is 1. The van der Waals surface area contributed by atoms with Gasteiger partial charge in [0.25, 0.3) is 0 Å². The first kappa shape index (κ1) is 17.6. The second-order valence-electron chi connectivity index (χ2n) is 6.26. The van der Waals surface area contributed by atoms with Gasteiger partial charge >= 0.3 is 0 Å². The number of carbonyl (C=O) groups excluding carboxylic acids is 1. The number of tetrazole rings is 1. The Morgan fingerprint density at radius 3 is 2.89 bits per heavy atom. The van der Waals surface area contributed by atoms with E-state index < -0.39 is 0 Å². The van der Waals surface area contributed by atoms with E-state index in [2.05, 4.69) is 26.8 Å². The van der Waals surface area contributed by atoms with Crippen LogP contribution in [0.3, 0.4) is 0 Å². The van der Waals surface area contributed by atoms with Crippen molar-refractivity contribution in [2.45, 2.75) is 19.1 Å². The van der Waals surface area contributed by atoms with Crippen molar-refractivity contribution < 1.29 is 9.53 Å². The molecule has 4 rings (SSSR count). The molecule has 0 radical (unpaired) electrons. The van der Waals surface area contributed by atoms with E-state index in [-0.39, 0.29) is 18.6 Å². The molecule has 1 unspecified atom stereocenters. The van der Waals surface area contributed by atoms with E-state index in [1.165, 1.54) is 10.4 Å². The van der Waals surface area contributed by atoms with Crippen LogP contribution in [0.25, 0.3) is 11.4 Å². The van der Waals surface area contributed by atoms with Gasteiger partial charge < -0.3 is 10.1 Å². The number of aromatic nitrogens is 4. The summed E-state index contributed by atoms with van der Waals surface area (Å²) in [4.78, 5) is 13.5. The molecule has 0 spiro atoms. The number of rotatable bonds is 5. The summed E-state index contributed by atoms with van der Waals surface area (Å²) < 4.78 is 5.80. The van der Waals surface area contributed by atoms with Gasteiger partial charge in [-0.3, -0.25) is 4.79 Å². The van der Waals surface area contributed by atoms with Crippen LogP contribution >= 0.6 is 11.6 Å². The third-order valence-electron chi connectivity index (χ3n) is 4.42. The monoisotopic (exact) mass is 383 g/mol. The number of carbonyl (C=O) groups is 1. The zero-order chi connectivity index (χ0) is 18.6. The molecule has 7 nitrogen and oxygen atoms in total. The van der Waals surface area contributed by atoms with Crippen LogP contribution < -0.4 is 5.32 Å². The molecule has 0 saturated carbocycles. The summed E-state index contributed by atoms with van der Waals surface area (Å²) in [6, 6.07) is 15.3. The van der Waals surface area contributed by atoms with Gasteiger partial charge in [0.1, 0.15) is 12.6 Å². The molecule has 138 valence electrons. The average Bonchev–Trinajstić information content (AvgIpc) is 3.15. The lowest BCUT2D eigenvalue weighted by Crippen LogP contribution is -2.34. The predicted molar refractivity (Wildman–Crippen MR) is 100 cm³/mol. The van der Waals surface area contributed by atoms with Gasteiger partial charge in [0, 0.05) is 17.1 Å². The molecule has 1 aromatic heterocycles. The molecule has 0 saturated heterocycles. The van der Waals surface area contributed by atoms with Crippen LogP contribution in [-0.2, 0) is 22.5 Å². The van der Waals surface area contributed by atoms with Crippen LogP contribution in [0.4, 0.5) is 0 Å². The Balaban J connectivity index is 1.35. The molecule has 8 heteroatoms. The normalized spacial score (nSPS) is 16.0. The average molecular weight is 384 g/mol. The molecule has 0 fully saturated rings. The zero-order valence-electron chi connectivity index (χ0n) is 14.5. The van der Waals surface area contributed by atoms with Crippen LogP contribution in [0.5, 0.6) is 0 Å². The van der Waals surface area contributed by atoms with Gasteiger partial charge in [0.2, 0.25) is 11.7 Å². The van der Waals surface area contributed by atoms with Gasteiger partial charge in [-0.2, -0.15) is 4.80 Å². The molecule has 1 atom stereocenters. The maximum atomic E-state index is 12.2. The quantitative estimate of drug-likeness (QED) is 0.731. The Morgan fingerprint density at radius 2 is 2.04 bits per heavy atom. The lowest BCUT2D eigenvalue weighted by atomic mass is 9.97. The molecule has 1 N–H and O–H groups in total. The molecule has 1 amide bonds. The minimum Gasteiger partial charge on any atom is -0.371 e. The topological polar surface area (TPSA) is 81.9 Å². The Bertz CT molecular complexity index is 941. The summed E-state index contributed by atoms with van der Waals surface area (Å²) in [6.45, 7) is 1.07. The number of nitrogens with one attached hydrogen (secondary N) is 1. The molecular weight excluding hydrogens is 366 g/mol. The Morgan fingerprint density at radius 1 is 1.22 bits per heavy atom. The fraction of sp³-hybridized carbons (Fsp3) is 0.263. The SMILES string of the molecule is O=C(Cn1nnc(-c2ccc(Cl)cc2)n1)NCC1OCCc2ccccc21. The lowest BCUT2D eigenvalue weighted by molar-refractivity contribution is -0.122. The molecule has 0 aliphatic carbocycles. The van der Waals surface area contributed by atoms with E-state index in [1.54, 1.807) is 12.1 Å². The molecule has 1 aliphatic rings. The highest BCUT2D eigenvalue weighted by atomic mass is 35.5. The van der Waals surface area contributed by atoms with Crippen LogP contribution in [0, 0.1) is 0 Å². The molecule has 3 aromatic rings.